The predicted octanol–water partition coefficient (Wildman–Crippen LogP) is 2.43. The summed E-state index contributed by atoms with van der Waals surface area (Å²) in [5.74, 6) is -0.741. The van der Waals surface area contributed by atoms with Gasteiger partial charge in [-0.15, -0.1) is 0 Å². The molecule has 0 radical (unpaired) electrons. The Morgan fingerprint density at radius 3 is 2.54 bits per heavy atom. The van der Waals surface area contributed by atoms with Crippen molar-refractivity contribution in [3.05, 3.63) is 24.3 Å². The van der Waals surface area contributed by atoms with Crippen molar-refractivity contribution in [3.63, 3.8) is 0 Å². The van der Waals surface area contributed by atoms with Gasteiger partial charge in [-0.3, -0.25) is 14.4 Å². The first-order valence-corrected chi connectivity index (χ1v) is 10.0. The van der Waals surface area contributed by atoms with Gasteiger partial charge < -0.3 is 19.7 Å². The number of amides is 2. The van der Waals surface area contributed by atoms with E-state index in [-0.39, 0.29) is 30.8 Å². The summed E-state index contributed by atoms with van der Waals surface area (Å²) in [6.07, 6.45) is 3.40. The molecule has 1 aromatic carbocycles. The number of anilines is 1. The second-order valence-corrected chi connectivity index (χ2v) is 7.40. The number of nitrogens with one attached hydrogen (secondary N) is 1. The Morgan fingerprint density at radius 2 is 1.89 bits per heavy atom. The van der Waals surface area contributed by atoms with Crippen LogP contribution in [0.1, 0.15) is 46.0 Å². The average molecular weight is 388 g/mol. The zero-order chi connectivity index (χ0) is 20.1. The molecule has 1 saturated carbocycles. The zero-order valence-electron chi connectivity index (χ0n) is 16.5. The van der Waals surface area contributed by atoms with Gasteiger partial charge in [-0.25, -0.2) is 0 Å². The number of carbonyl (C=O) groups is 3. The van der Waals surface area contributed by atoms with Crippen LogP contribution < -0.4 is 15.0 Å². The lowest BCUT2D eigenvalue weighted by Gasteiger charge is -2.19. The molecule has 1 aliphatic heterocycles. The second kappa shape index (κ2) is 9.08. The van der Waals surface area contributed by atoms with E-state index in [1.54, 1.807) is 36.1 Å². The Hall–Kier alpha value is -2.57. The number of carbonyl (C=O) groups excluding carboxylic acids is 3. The van der Waals surface area contributed by atoms with Gasteiger partial charge in [0, 0.05) is 24.7 Å². The second-order valence-electron chi connectivity index (χ2n) is 7.40. The summed E-state index contributed by atoms with van der Waals surface area (Å²) in [7, 11) is 0. The number of hydrogen-bond acceptors (Lipinski definition) is 5. The Labute approximate surface area is 165 Å². The lowest BCUT2D eigenvalue weighted by molar-refractivity contribution is -0.158. The van der Waals surface area contributed by atoms with E-state index < -0.39 is 18.0 Å². The Morgan fingerprint density at radius 1 is 1.21 bits per heavy atom. The molecule has 1 N–H and O–H groups in total. The molecular formula is C21H28N2O5. The summed E-state index contributed by atoms with van der Waals surface area (Å²) in [6.45, 7) is 4.30. The lowest BCUT2D eigenvalue weighted by Crippen LogP contribution is -2.41. The van der Waals surface area contributed by atoms with Gasteiger partial charge in [-0.2, -0.15) is 0 Å². The van der Waals surface area contributed by atoms with Crippen LogP contribution in [0.25, 0.3) is 0 Å². The highest BCUT2D eigenvalue weighted by Crippen LogP contribution is 2.28. The normalized spacial score (nSPS) is 20.9. The summed E-state index contributed by atoms with van der Waals surface area (Å²) in [5.41, 5.74) is 0.718. The first kappa shape index (κ1) is 20.2. The molecule has 3 rings (SSSR count). The minimum atomic E-state index is -0.859. The zero-order valence-corrected chi connectivity index (χ0v) is 16.5. The molecule has 1 aromatic rings. The van der Waals surface area contributed by atoms with Crippen molar-refractivity contribution >= 4 is 23.5 Å². The van der Waals surface area contributed by atoms with E-state index in [0.29, 0.717) is 6.61 Å². The van der Waals surface area contributed by atoms with Crippen molar-refractivity contribution < 1.29 is 23.9 Å². The number of esters is 1. The summed E-state index contributed by atoms with van der Waals surface area (Å²) in [6, 6.07) is 7.38. The molecule has 2 fully saturated rings. The van der Waals surface area contributed by atoms with Crippen LogP contribution in [-0.4, -0.2) is 43.1 Å². The van der Waals surface area contributed by atoms with E-state index in [1.807, 2.05) is 6.92 Å². The standard InChI is InChI=1S/C21H28N2O5/c1-3-27-18-10-8-17(9-11-18)23-13-15(12-19(23)24)21(26)28-14(2)20(25)22-16-6-4-5-7-16/h8-11,14-16H,3-7,12-13H2,1-2H3,(H,22,25)/t14-,15+/m1/s1. The maximum Gasteiger partial charge on any atom is 0.312 e. The van der Waals surface area contributed by atoms with Crippen molar-refractivity contribution in [2.24, 2.45) is 5.92 Å². The van der Waals surface area contributed by atoms with Gasteiger partial charge >= 0.3 is 5.97 Å². The maximum absolute atomic E-state index is 12.5. The molecule has 0 bridgehead atoms. The van der Waals surface area contributed by atoms with Crippen LogP contribution in [-0.2, 0) is 19.1 Å². The first-order chi connectivity index (χ1) is 13.5. The molecule has 7 heteroatoms. The maximum atomic E-state index is 12.5. The fraction of sp³-hybridized carbons (Fsp3) is 0.571. The molecule has 2 amide bonds. The molecule has 0 aromatic heterocycles. The van der Waals surface area contributed by atoms with Gasteiger partial charge in [0.15, 0.2) is 6.10 Å². The van der Waals surface area contributed by atoms with Crippen molar-refractivity contribution in [1.82, 2.24) is 5.32 Å². The first-order valence-electron chi connectivity index (χ1n) is 10.0. The highest BCUT2D eigenvalue weighted by Gasteiger charge is 2.37. The quantitative estimate of drug-likeness (QED) is 0.725. The van der Waals surface area contributed by atoms with Crippen molar-refractivity contribution in [2.45, 2.75) is 58.1 Å². The third kappa shape index (κ3) is 4.82. The molecule has 0 spiro atoms. The van der Waals surface area contributed by atoms with Crippen LogP contribution in [0.15, 0.2) is 24.3 Å². The van der Waals surface area contributed by atoms with Gasteiger partial charge in [0.25, 0.3) is 5.91 Å². The third-order valence-electron chi connectivity index (χ3n) is 5.28. The average Bonchev–Trinajstić information content (AvgIpc) is 3.32. The van der Waals surface area contributed by atoms with Gasteiger partial charge in [0.1, 0.15) is 5.75 Å². The minimum Gasteiger partial charge on any atom is -0.494 e. The van der Waals surface area contributed by atoms with Crippen molar-refractivity contribution in [3.8, 4) is 5.75 Å². The fourth-order valence-corrected chi connectivity index (χ4v) is 3.72. The number of hydrogen-bond donors (Lipinski definition) is 1. The van der Waals surface area contributed by atoms with E-state index in [1.165, 1.54) is 0 Å². The molecule has 1 heterocycles. The van der Waals surface area contributed by atoms with Crippen LogP contribution in [0, 0.1) is 5.92 Å². The number of rotatable bonds is 7. The smallest absolute Gasteiger partial charge is 0.312 e. The summed E-state index contributed by atoms with van der Waals surface area (Å²) in [4.78, 5) is 38.6. The Kier molecular flexibility index (Phi) is 6.54. The van der Waals surface area contributed by atoms with E-state index in [4.69, 9.17) is 9.47 Å². The highest BCUT2D eigenvalue weighted by molar-refractivity contribution is 5.99. The monoisotopic (exact) mass is 388 g/mol. The molecule has 152 valence electrons. The summed E-state index contributed by atoms with van der Waals surface area (Å²) >= 11 is 0. The Balaban J connectivity index is 1.53. The van der Waals surface area contributed by atoms with Crippen LogP contribution in [0.5, 0.6) is 5.75 Å². The van der Waals surface area contributed by atoms with Crippen LogP contribution in [0.4, 0.5) is 5.69 Å². The topological polar surface area (TPSA) is 84.9 Å². The molecule has 2 aliphatic rings. The van der Waals surface area contributed by atoms with Crippen LogP contribution >= 0.6 is 0 Å². The van der Waals surface area contributed by atoms with E-state index in [0.717, 1.165) is 37.1 Å². The van der Waals surface area contributed by atoms with Crippen molar-refractivity contribution in [2.75, 3.05) is 18.1 Å². The molecule has 0 unspecified atom stereocenters. The fourth-order valence-electron chi connectivity index (χ4n) is 3.72. The molecule has 1 saturated heterocycles. The summed E-state index contributed by atoms with van der Waals surface area (Å²) in [5, 5.41) is 2.93. The van der Waals surface area contributed by atoms with Gasteiger partial charge in [0.05, 0.1) is 12.5 Å². The lowest BCUT2D eigenvalue weighted by atomic mass is 10.1. The third-order valence-corrected chi connectivity index (χ3v) is 5.28. The molecule has 28 heavy (non-hydrogen) atoms. The number of nitrogens with zero attached hydrogens (tertiary/aromatic N) is 1. The van der Waals surface area contributed by atoms with E-state index in [9.17, 15) is 14.4 Å². The Bertz CT molecular complexity index is 712. The molecule has 7 nitrogen and oxygen atoms in total. The highest BCUT2D eigenvalue weighted by atomic mass is 16.5. The van der Waals surface area contributed by atoms with Gasteiger partial charge in [-0.05, 0) is 51.0 Å². The molecular weight excluding hydrogens is 360 g/mol. The molecule has 1 aliphatic carbocycles. The van der Waals surface area contributed by atoms with Crippen LogP contribution in [0.2, 0.25) is 0 Å². The SMILES string of the molecule is CCOc1ccc(N2C[C@@H](C(=O)O[C@H](C)C(=O)NC3CCCC3)CC2=O)cc1. The summed E-state index contributed by atoms with van der Waals surface area (Å²) < 4.78 is 10.7. The van der Waals surface area contributed by atoms with Gasteiger partial charge in [-0.1, -0.05) is 12.8 Å². The largest absolute Gasteiger partial charge is 0.494 e. The van der Waals surface area contributed by atoms with Crippen LogP contribution in [0.3, 0.4) is 0 Å². The number of ether oxygens (including phenoxy) is 2. The van der Waals surface area contributed by atoms with E-state index >= 15 is 0 Å². The molecule has 2 atom stereocenters. The van der Waals surface area contributed by atoms with Gasteiger partial charge in [0.2, 0.25) is 5.91 Å². The van der Waals surface area contributed by atoms with Crippen molar-refractivity contribution in [1.29, 1.82) is 0 Å². The van der Waals surface area contributed by atoms with E-state index in [2.05, 4.69) is 5.32 Å². The number of benzene rings is 1. The minimum absolute atomic E-state index is 0.0863. The predicted molar refractivity (Wildman–Crippen MR) is 104 cm³/mol.